The lowest BCUT2D eigenvalue weighted by atomic mass is 9.95. The molecule has 166 valence electrons. The second-order valence-electron chi connectivity index (χ2n) is 9.43. The maximum absolute atomic E-state index is 5.87. The second kappa shape index (κ2) is 9.07. The zero-order chi connectivity index (χ0) is 22.1. The first-order valence-electron chi connectivity index (χ1n) is 11.9. The van der Waals surface area contributed by atoms with Gasteiger partial charge in [-0.1, -0.05) is 51.3 Å². The van der Waals surface area contributed by atoms with Crippen LogP contribution in [-0.4, -0.2) is 14.7 Å². The van der Waals surface area contributed by atoms with Gasteiger partial charge in [0.2, 0.25) is 0 Å². The summed E-state index contributed by atoms with van der Waals surface area (Å²) in [5.41, 5.74) is 4.77. The van der Waals surface area contributed by atoms with E-state index in [-0.39, 0.29) is 12.1 Å². The molecule has 1 aromatic carbocycles. The van der Waals surface area contributed by atoms with Crippen LogP contribution in [0.4, 0.5) is 5.69 Å². The third kappa shape index (κ3) is 4.06. The Hall–Kier alpha value is -2.66. The lowest BCUT2D eigenvalue weighted by molar-refractivity contribution is 0.353. The summed E-state index contributed by atoms with van der Waals surface area (Å²) in [7, 11) is 0. The standard InChI is InChI=1S/C27H32N4S/c1-19(2)20-11-13-23(14-12-20)31-26(25(29-27(31)32)24-10-6-7-16-28-24)21-15-17-30(18-21)22-8-4-3-5-9-22/h6-7,10-19,22,25-26H,3-5,8-9H2,1-2H3,(H,29,32)/t25-,26+/m0/s1. The Bertz CT molecular complexity index is 1050. The molecule has 0 unspecified atom stereocenters. The van der Waals surface area contributed by atoms with E-state index in [9.17, 15) is 0 Å². The van der Waals surface area contributed by atoms with Crippen LogP contribution < -0.4 is 10.2 Å². The molecule has 2 atom stereocenters. The van der Waals surface area contributed by atoms with Crippen molar-refractivity contribution in [1.82, 2.24) is 14.9 Å². The second-order valence-corrected chi connectivity index (χ2v) is 9.81. The largest absolute Gasteiger partial charge is 0.351 e. The van der Waals surface area contributed by atoms with Gasteiger partial charge in [-0.2, -0.15) is 0 Å². The number of thiocarbonyl (C=S) groups is 1. The number of hydrogen-bond donors (Lipinski definition) is 1. The van der Waals surface area contributed by atoms with Crippen molar-refractivity contribution in [1.29, 1.82) is 0 Å². The number of anilines is 1. The third-order valence-corrected chi connectivity index (χ3v) is 7.33. The van der Waals surface area contributed by atoms with Crippen LogP contribution in [-0.2, 0) is 0 Å². The molecule has 2 aliphatic rings. The quantitative estimate of drug-likeness (QED) is 0.445. The molecule has 1 saturated heterocycles. The van der Waals surface area contributed by atoms with Gasteiger partial charge in [0.25, 0.3) is 0 Å². The first kappa shape index (κ1) is 21.2. The van der Waals surface area contributed by atoms with Gasteiger partial charge >= 0.3 is 0 Å². The van der Waals surface area contributed by atoms with Gasteiger partial charge in [-0.3, -0.25) is 4.98 Å². The smallest absolute Gasteiger partial charge is 0.174 e. The summed E-state index contributed by atoms with van der Waals surface area (Å²) < 4.78 is 2.44. The predicted octanol–water partition coefficient (Wildman–Crippen LogP) is 6.69. The van der Waals surface area contributed by atoms with E-state index in [1.807, 2.05) is 12.3 Å². The average molecular weight is 445 g/mol. The van der Waals surface area contributed by atoms with Crippen LogP contribution in [0.25, 0.3) is 0 Å². The van der Waals surface area contributed by atoms with Crippen molar-refractivity contribution in [2.45, 2.75) is 70.0 Å². The molecular weight excluding hydrogens is 412 g/mol. The van der Waals surface area contributed by atoms with E-state index >= 15 is 0 Å². The van der Waals surface area contributed by atoms with Gasteiger partial charge in [-0.05, 0) is 72.4 Å². The summed E-state index contributed by atoms with van der Waals surface area (Å²) in [6.45, 7) is 4.45. The Labute approximate surface area is 196 Å². The van der Waals surface area contributed by atoms with Crippen LogP contribution >= 0.6 is 12.2 Å². The molecule has 3 aromatic rings. The molecule has 1 saturated carbocycles. The molecule has 0 bridgehead atoms. The fraction of sp³-hybridized carbons (Fsp3) is 0.407. The van der Waals surface area contributed by atoms with Gasteiger partial charge in [0, 0.05) is 30.3 Å². The van der Waals surface area contributed by atoms with E-state index in [2.05, 4.69) is 88.5 Å². The number of rotatable bonds is 5. The number of nitrogens with one attached hydrogen (secondary N) is 1. The molecular formula is C27H32N4S. The lowest BCUT2D eigenvalue weighted by Crippen LogP contribution is -2.29. The Kier molecular flexibility index (Phi) is 6.01. The molecule has 1 aliphatic heterocycles. The van der Waals surface area contributed by atoms with E-state index in [1.165, 1.54) is 43.2 Å². The first-order valence-corrected chi connectivity index (χ1v) is 12.3. The number of benzene rings is 1. The molecule has 0 amide bonds. The monoisotopic (exact) mass is 444 g/mol. The van der Waals surface area contributed by atoms with Gasteiger partial charge < -0.3 is 14.8 Å². The van der Waals surface area contributed by atoms with E-state index in [0.29, 0.717) is 12.0 Å². The topological polar surface area (TPSA) is 33.1 Å². The molecule has 1 aliphatic carbocycles. The van der Waals surface area contributed by atoms with Gasteiger partial charge in [-0.15, -0.1) is 0 Å². The first-order chi connectivity index (χ1) is 15.6. The number of nitrogens with zero attached hydrogens (tertiary/aromatic N) is 3. The highest BCUT2D eigenvalue weighted by molar-refractivity contribution is 7.80. The number of hydrogen-bond acceptors (Lipinski definition) is 2. The fourth-order valence-corrected chi connectivity index (χ4v) is 5.55. The van der Waals surface area contributed by atoms with Crippen molar-refractivity contribution in [2.24, 2.45) is 0 Å². The third-order valence-electron chi connectivity index (χ3n) is 7.01. The van der Waals surface area contributed by atoms with E-state index in [4.69, 9.17) is 12.2 Å². The minimum atomic E-state index is 0.00989. The van der Waals surface area contributed by atoms with Gasteiger partial charge in [0.1, 0.15) is 0 Å². The van der Waals surface area contributed by atoms with Crippen molar-refractivity contribution in [3.05, 3.63) is 83.9 Å². The van der Waals surface area contributed by atoms with Crippen LogP contribution in [0.2, 0.25) is 0 Å². The fourth-order valence-electron chi connectivity index (χ4n) is 5.20. The Morgan fingerprint density at radius 1 is 1.00 bits per heavy atom. The summed E-state index contributed by atoms with van der Waals surface area (Å²) in [6.07, 6.45) is 13.1. The molecule has 0 radical (unpaired) electrons. The van der Waals surface area contributed by atoms with Gasteiger partial charge in [0.05, 0.1) is 17.8 Å². The predicted molar refractivity (Wildman–Crippen MR) is 135 cm³/mol. The minimum absolute atomic E-state index is 0.00989. The highest BCUT2D eigenvalue weighted by Crippen LogP contribution is 2.42. The zero-order valence-corrected chi connectivity index (χ0v) is 19.8. The molecule has 2 aromatic heterocycles. The zero-order valence-electron chi connectivity index (χ0n) is 18.9. The van der Waals surface area contributed by atoms with Crippen molar-refractivity contribution in [2.75, 3.05) is 4.90 Å². The highest BCUT2D eigenvalue weighted by Gasteiger charge is 2.41. The molecule has 5 heteroatoms. The van der Waals surface area contributed by atoms with Crippen LogP contribution in [0, 0.1) is 0 Å². The van der Waals surface area contributed by atoms with Gasteiger partial charge in [0.15, 0.2) is 5.11 Å². The van der Waals surface area contributed by atoms with Gasteiger partial charge in [-0.25, -0.2) is 0 Å². The maximum Gasteiger partial charge on any atom is 0.174 e. The molecule has 4 nitrogen and oxygen atoms in total. The maximum atomic E-state index is 5.87. The normalized spacial score (nSPS) is 21.8. The molecule has 5 rings (SSSR count). The molecule has 3 heterocycles. The summed E-state index contributed by atoms with van der Waals surface area (Å²) in [5.74, 6) is 0.509. The van der Waals surface area contributed by atoms with E-state index in [0.717, 1.165) is 16.5 Å². The minimum Gasteiger partial charge on any atom is -0.351 e. The van der Waals surface area contributed by atoms with Crippen LogP contribution in [0.3, 0.4) is 0 Å². The lowest BCUT2D eigenvalue weighted by Gasteiger charge is -2.28. The highest BCUT2D eigenvalue weighted by atomic mass is 32.1. The Morgan fingerprint density at radius 2 is 1.78 bits per heavy atom. The van der Waals surface area contributed by atoms with Crippen molar-refractivity contribution >= 4 is 23.0 Å². The van der Waals surface area contributed by atoms with Crippen LogP contribution in [0.1, 0.15) is 86.8 Å². The average Bonchev–Trinajstić information content (AvgIpc) is 3.45. The van der Waals surface area contributed by atoms with Crippen molar-refractivity contribution < 1.29 is 0 Å². The summed E-state index contributed by atoms with van der Waals surface area (Å²) in [5, 5.41) is 4.34. The van der Waals surface area contributed by atoms with Crippen molar-refractivity contribution in [3.63, 3.8) is 0 Å². The van der Waals surface area contributed by atoms with Crippen LogP contribution in [0.5, 0.6) is 0 Å². The Morgan fingerprint density at radius 3 is 2.47 bits per heavy atom. The summed E-state index contributed by atoms with van der Waals surface area (Å²) in [6, 6.07) is 17.9. The number of pyridine rings is 1. The van der Waals surface area contributed by atoms with E-state index in [1.54, 1.807) is 0 Å². The summed E-state index contributed by atoms with van der Waals surface area (Å²) in [4.78, 5) is 6.95. The van der Waals surface area contributed by atoms with Crippen LogP contribution in [0.15, 0.2) is 67.1 Å². The van der Waals surface area contributed by atoms with Crippen molar-refractivity contribution in [3.8, 4) is 0 Å². The Balaban J connectivity index is 1.53. The van der Waals surface area contributed by atoms with E-state index < -0.39 is 0 Å². The molecule has 32 heavy (non-hydrogen) atoms. The summed E-state index contributed by atoms with van der Waals surface area (Å²) >= 11 is 5.87. The molecule has 2 fully saturated rings. The SMILES string of the molecule is CC(C)c1ccc(N2C(=S)N[C@@H](c3ccccn3)[C@H]2c2ccn(C3CCCCC3)c2)cc1. The molecule has 0 spiro atoms. The number of aromatic nitrogens is 2. The molecule has 1 N–H and O–H groups in total.